The zero-order valence-electron chi connectivity index (χ0n) is 15.7. The van der Waals surface area contributed by atoms with E-state index in [4.69, 9.17) is 17.0 Å². The zero-order chi connectivity index (χ0) is 19.2. The smallest absolute Gasteiger partial charge is 0.341 e. The average molecular weight is 391 g/mol. The molecule has 2 N–H and O–H groups in total. The minimum Gasteiger partial charge on any atom is -0.462 e. The molecule has 6 heteroatoms. The van der Waals surface area contributed by atoms with E-state index in [1.54, 1.807) is 6.92 Å². The van der Waals surface area contributed by atoms with Crippen LogP contribution >= 0.6 is 23.6 Å². The standard InChI is InChI=1S/C20H26N2O2S2/c1-5-20(3,4)22-19(25)21-17-16(18(23)24-6-2)13-15(26-17)12-14-10-8-7-9-11-14/h7-11,13H,5-6,12H2,1-4H3,(H2,21,22,25). The predicted octanol–water partition coefficient (Wildman–Crippen LogP) is 4.99. The lowest BCUT2D eigenvalue weighted by Crippen LogP contribution is -2.44. The molecule has 0 bridgehead atoms. The highest BCUT2D eigenvalue weighted by atomic mass is 32.1. The van der Waals surface area contributed by atoms with Gasteiger partial charge in [0, 0.05) is 16.8 Å². The molecule has 0 amide bonds. The molecule has 0 saturated heterocycles. The van der Waals surface area contributed by atoms with Crippen LogP contribution in [0, 0.1) is 0 Å². The molecule has 0 aliphatic carbocycles. The van der Waals surface area contributed by atoms with Crippen LogP contribution in [0.15, 0.2) is 36.4 Å². The molecule has 1 aromatic carbocycles. The van der Waals surface area contributed by atoms with E-state index < -0.39 is 0 Å². The Balaban J connectivity index is 2.22. The highest BCUT2D eigenvalue weighted by Gasteiger charge is 2.21. The SMILES string of the molecule is CCOC(=O)c1cc(Cc2ccccc2)sc1NC(=S)NC(C)(C)CC. The number of thiocarbonyl (C=S) groups is 1. The summed E-state index contributed by atoms with van der Waals surface area (Å²) in [6, 6.07) is 12.1. The van der Waals surface area contributed by atoms with Gasteiger partial charge in [0.05, 0.1) is 12.2 Å². The fourth-order valence-electron chi connectivity index (χ4n) is 2.31. The van der Waals surface area contributed by atoms with E-state index in [1.165, 1.54) is 16.9 Å². The summed E-state index contributed by atoms with van der Waals surface area (Å²) in [6.07, 6.45) is 1.70. The maximum atomic E-state index is 12.3. The van der Waals surface area contributed by atoms with Crippen molar-refractivity contribution in [3.8, 4) is 0 Å². The number of carbonyl (C=O) groups excluding carboxylic acids is 1. The quantitative estimate of drug-likeness (QED) is 0.515. The second-order valence-electron chi connectivity index (χ2n) is 6.65. The van der Waals surface area contributed by atoms with Crippen LogP contribution in [-0.4, -0.2) is 23.2 Å². The number of ether oxygens (including phenoxy) is 1. The lowest BCUT2D eigenvalue weighted by Gasteiger charge is -2.26. The van der Waals surface area contributed by atoms with Crippen LogP contribution in [0.3, 0.4) is 0 Å². The van der Waals surface area contributed by atoms with E-state index >= 15 is 0 Å². The molecular weight excluding hydrogens is 364 g/mol. The first-order valence-corrected chi connectivity index (χ1v) is 10.00. The largest absolute Gasteiger partial charge is 0.462 e. The number of rotatable bonds is 7. The number of anilines is 1. The molecular formula is C20H26N2O2S2. The number of hydrogen-bond donors (Lipinski definition) is 2. The van der Waals surface area contributed by atoms with Gasteiger partial charge in [0.1, 0.15) is 5.00 Å². The van der Waals surface area contributed by atoms with Crippen LogP contribution in [0.1, 0.15) is 54.9 Å². The normalized spacial score (nSPS) is 11.1. The molecule has 0 radical (unpaired) electrons. The number of nitrogens with one attached hydrogen (secondary N) is 2. The Morgan fingerprint density at radius 1 is 1.23 bits per heavy atom. The van der Waals surface area contributed by atoms with Gasteiger partial charge in [-0.3, -0.25) is 0 Å². The maximum Gasteiger partial charge on any atom is 0.341 e. The van der Waals surface area contributed by atoms with Crippen molar-refractivity contribution in [1.82, 2.24) is 5.32 Å². The fourth-order valence-corrected chi connectivity index (χ4v) is 3.84. The minimum absolute atomic E-state index is 0.113. The molecule has 0 saturated carbocycles. The van der Waals surface area contributed by atoms with E-state index in [-0.39, 0.29) is 11.5 Å². The minimum atomic E-state index is -0.330. The van der Waals surface area contributed by atoms with Crippen molar-refractivity contribution in [1.29, 1.82) is 0 Å². The first kappa shape index (κ1) is 20.4. The first-order valence-electron chi connectivity index (χ1n) is 8.77. The molecule has 0 aliphatic heterocycles. The van der Waals surface area contributed by atoms with E-state index in [0.717, 1.165) is 22.7 Å². The molecule has 1 heterocycles. The van der Waals surface area contributed by atoms with Gasteiger partial charge in [-0.15, -0.1) is 11.3 Å². The molecule has 0 spiro atoms. The third-order valence-electron chi connectivity index (χ3n) is 4.06. The van der Waals surface area contributed by atoms with Crippen LogP contribution in [0.4, 0.5) is 5.00 Å². The maximum absolute atomic E-state index is 12.3. The van der Waals surface area contributed by atoms with Gasteiger partial charge in [0.2, 0.25) is 0 Å². The van der Waals surface area contributed by atoms with Gasteiger partial charge in [-0.1, -0.05) is 37.3 Å². The Morgan fingerprint density at radius 2 is 1.92 bits per heavy atom. The van der Waals surface area contributed by atoms with Gasteiger partial charge < -0.3 is 15.4 Å². The van der Waals surface area contributed by atoms with E-state index in [2.05, 4.69) is 43.5 Å². The number of carbonyl (C=O) groups is 1. The Kier molecular flexibility index (Phi) is 7.17. The molecule has 0 aliphatic rings. The number of thiophene rings is 1. The van der Waals surface area contributed by atoms with Gasteiger partial charge in [0.15, 0.2) is 5.11 Å². The monoisotopic (exact) mass is 390 g/mol. The topological polar surface area (TPSA) is 50.4 Å². The average Bonchev–Trinajstić information content (AvgIpc) is 2.97. The molecule has 140 valence electrons. The zero-order valence-corrected chi connectivity index (χ0v) is 17.4. The van der Waals surface area contributed by atoms with Crippen molar-refractivity contribution in [3.05, 3.63) is 52.4 Å². The number of hydrogen-bond acceptors (Lipinski definition) is 4. The summed E-state index contributed by atoms with van der Waals surface area (Å²) in [7, 11) is 0. The van der Waals surface area contributed by atoms with Crippen molar-refractivity contribution in [2.75, 3.05) is 11.9 Å². The van der Waals surface area contributed by atoms with Crippen molar-refractivity contribution < 1.29 is 9.53 Å². The molecule has 26 heavy (non-hydrogen) atoms. The Bertz CT molecular complexity index is 754. The summed E-state index contributed by atoms with van der Waals surface area (Å²) in [4.78, 5) is 13.4. The van der Waals surface area contributed by atoms with Gasteiger partial charge in [-0.2, -0.15) is 0 Å². The highest BCUT2D eigenvalue weighted by Crippen LogP contribution is 2.30. The summed E-state index contributed by atoms with van der Waals surface area (Å²) in [5, 5.41) is 7.70. The van der Waals surface area contributed by atoms with Crippen LogP contribution < -0.4 is 10.6 Å². The van der Waals surface area contributed by atoms with Crippen LogP contribution in [-0.2, 0) is 11.2 Å². The molecule has 2 aromatic rings. The second kappa shape index (κ2) is 9.14. The van der Waals surface area contributed by atoms with Crippen LogP contribution in [0.2, 0.25) is 0 Å². The van der Waals surface area contributed by atoms with Gasteiger partial charge in [-0.05, 0) is 51.0 Å². The molecule has 1 aromatic heterocycles. The Morgan fingerprint density at radius 3 is 2.54 bits per heavy atom. The van der Waals surface area contributed by atoms with Crippen molar-refractivity contribution >= 4 is 39.6 Å². The Hall–Kier alpha value is -1.92. The van der Waals surface area contributed by atoms with Gasteiger partial charge >= 0.3 is 5.97 Å². The van der Waals surface area contributed by atoms with Crippen molar-refractivity contribution in [3.63, 3.8) is 0 Å². The van der Waals surface area contributed by atoms with Crippen LogP contribution in [0.5, 0.6) is 0 Å². The van der Waals surface area contributed by atoms with Gasteiger partial charge in [-0.25, -0.2) is 4.79 Å². The third-order valence-corrected chi connectivity index (χ3v) is 5.32. The van der Waals surface area contributed by atoms with Gasteiger partial charge in [0.25, 0.3) is 0 Å². The van der Waals surface area contributed by atoms with E-state index in [9.17, 15) is 4.79 Å². The molecule has 0 unspecified atom stereocenters. The number of benzene rings is 1. The summed E-state index contributed by atoms with van der Waals surface area (Å²) in [6.45, 7) is 8.42. The fraction of sp³-hybridized carbons (Fsp3) is 0.400. The number of esters is 1. The molecule has 0 fully saturated rings. The Labute approximate surface area is 165 Å². The van der Waals surface area contributed by atoms with Crippen LogP contribution in [0.25, 0.3) is 0 Å². The van der Waals surface area contributed by atoms with Crippen molar-refractivity contribution in [2.45, 2.75) is 46.1 Å². The lowest BCUT2D eigenvalue weighted by molar-refractivity contribution is 0.0528. The van der Waals surface area contributed by atoms with E-state index in [0.29, 0.717) is 17.3 Å². The summed E-state index contributed by atoms with van der Waals surface area (Å²) >= 11 is 6.96. The second-order valence-corrected chi connectivity index (χ2v) is 8.20. The summed E-state index contributed by atoms with van der Waals surface area (Å²) < 4.78 is 5.20. The lowest BCUT2D eigenvalue weighted by atomic mass is 10.0. The summed E-state index contributed by atoms with van der Waals surface area (Å²) in [5.41, 5.74) is 1.61. The summed E-state index contributed by atoms with van der Waals surface area (Å²) in [5.74, 6) is -0.330. The molecule has 2 rings (SSSR count). The van der Waals surface area contributed by atoms with Crippen molar-refractivity contribution in [2.24, 2.45) is 0 Å². The molecule has 0 atom stereocenters. The predicted molar refractivity (Wildman–Crippen MR) is 113 cm³/mol. The highest BCUT2D eigenvalue weighted by molar-refractivity contribution is 7.80. The molecule has 4 nitrogen and oxygen atoms in total. The third kappa shape index (κ3) is 5.81. The van der Waals surface area contributed by atoms with E-state index in [1.807, 2.05) is 24.3 Å². The first-order chi connectivity index (χ1) is 12.3.